The molecule has 1 heterocycles. The number of imide groups is 1. The molecule has 3 amide bonds. The molecule has 0 aliphatic carbocycles. The first-order valence-electron chi connectivity index (χ1n) is 9.15. The largest absolute Gasteiger partial charge is 0.497 e. The van der Waals surface area contributed by atoms with Crippen LogP contribution < -0.4 is 9.64 Å². The van der Waals surface area contributed by atoms with Crippen molar-refractivity contribution in [2.45, 2.75) is 20.8 Å². The molecule has 0 unspecified atom stereocenters. The Morgan fingerprint density at radius 2 is 1.61 bits per heavy atom. The summed E-state index contributed by atoms with van der Waals surface area (Å²) in [5.41, 5.74) is 0.853. The van der Waals surface area contributed by atoms with Crippen molar-refractivity contribution in [1.82, 2.24) is 4.90 Å². The summed E-state index contributed by atoms with van der Waals surface area (Å²) in [4.78, 5) is 41.1. The molecule has 0 saturated carbocycles. The van der Waals surface area contributed by atoms with Gasteiger partial charge >= 0.3 is 0 Å². The number of ether oxygens (including phenoxy) is 1. The quantitative estimate of drug-likeness (QED) is 0.746. The monoisotopic (exact) mass is 380 g/mol. The number of nitrogens with zero attached hydrogens (tertiary/aromatic N) is 2. The van der Waals surface area contributed by atoms with E-state index in [1.807, 2.05) is 26.8 Å². The van der Waals surface area contributed by atoms with Crippen molar-refractivity contribution >= 4 is 23.4 Å². The number of fused-ring (bicyclic) bond motifs is 1. The Balaban J connectivity index is 1.86. The van der Waals surface area contributed by atoms with E-state index in [9.17, 15) is 14.4 Å². The molecule has 0 spiro atoms. The van der Waals surface area contributed by atoms with Crippen LogP contribution in [-0.4, -0.2) is 42.8 Å². The first-order valence-corrected chi connectivity index (χ1v) is 9.15. The topological polar surface area (TPSA) is 66.9 Å². The van der Waals surface area contributed by atoms with Gasteiger partial charge in [0.1, 0.15) is 5.75 Å². The Bertz CT molecular complexity index is 895. The number of benzene rings is 2. The molecule has 28 heavy (non-hydrogen) atoms. The maximum Gasteiger partial charge on any atom is 0.261 e. The van der Waals surface area contributed by atoms with Crippen LogP contribution in [0.2, 0.25) is 0 Å². The average molecular weight is 380 g/mol. The van der Waals surface area contributed by atoms with Crippen molar-refractivity contribution in [3.8, 4) is 5.75 Å². The maximum atomic E-state index is 13.0. The fourth-order valence-electron chi connectivity index (χ4n) is 3.17. The van der Waals surface area contributed by atoms with Crippen LogP contribution in [0.3, 0.4) is 0 Å². The molecule has 2 aromatic rings. The Hall–Kier alpha value is -3.15. The first-order chi connectivity index (χ1) is 13.2. The minimum atomic E-state index is -0.620. The molecule has 6 heteroatoms. The summed E-state index contributed by atoms with van der Waals surface area (Å²) in [6.45, 7) is 5.83. The first kappa shape index (κ1) is 19.6. The number of amides is 3. The predicted molar refractivity (Wildman–Crippen MR) is 107 cm³/mol. The third kappa shape index (κ3) is 3.63. The van der Waals surface area contributed by atoms with E-state index in [2.05, 4.69) is 0 Å². The average Bonchev–Trinajstić information content (AvgIpc) is 2.92. The lowest BCUT2D eigenvalue weighted by Gasteiger charge is -2.31. The Morgan fingerprint density at radius 1 is 1.00 bits per heavy atom. The van der Waals surface area contributed by atoms with E-state index in [4.69, 9.17) is 4.74 Å². The zero-order valence-corrected chi connectivity index (χ0v) is 16.6. The van der Waals surface area contributed by atoms with Gasteiger partial charge in [-0.2, -0.15) is 0 Å². The number of carbonyl (C=O) groups is 3. The van der Waals surface area contributed by atoms with Gasteiger partial charge in [0.15, 0.2) is 0 Å². The van der Waals surface area contributed by atoms with Gasteiger partial charge in [-0.25, -0.2) is 0 Å². The number of rotatable bonds is 5. The predicted octanol–water partition coefficient (Wildman–Crippen LogP) is 3.37. The third-order valence-corrected chi connectivity index (χ3v) is 4.68. The SMILES string of the molecule is COc1cccc(N(CCN2C(=O)c3ccccc3C2=O)C(=O)C(C)(C)C)c1. The molecule has 1 aliphatic rings. The number of methoxy groups -OCH3 is 1. The molecule has 3 rings (SSSR count). The van der Waals surface area contributed by atoms with Gasteiger partial charge in [-0.05, 0) is 24.3 Å². The summed E-state index contributed by atoms with van der Waals surface area (Å²) >= 11 is 0. The van der Waals surface area contributed by atoms with Gasteiger partial charge in [0.05, 0.1) is 18.2 Å². The summed E-state index contributed by atoms with van der Waals surface area (Å²) in [5.74, 6) is -0.119. The summed E-state index contributed by atoms with van der Waals surface area (Å²) in [5, 5.41) is 0. The van der Waals surface area contributed by atoms with E-state index in [1.165, 1.54) is 4.90 Å². The summed E-state index contributed by atoms with van der Waals surface area (Å²) in [6.07, 6.45) is 0. The highest BCUT2D eigenvalue weighted by molar-refractivity contribution is 6.21. The van der Waals surface area contributed by atoms with Crippen LogP contribution in [0.4, 0.5) is 5.69 Å². The molecule has 6 nitrogen and oxygen atoms in total. The van der Waals surface area contributed by atoms with E-state index >= 15 is 0 Å². The molecule has 0 radical (unpaired) electrons. The van der Waals surface area contributed by atoms with Crippen LogP contribution in [0.15, 0.2) is 48.5 Å². The summed E-state index contributed by atoms with van der Waals surface area (Å²) < 4.78 is 5.27. The van der Waals surface area contributed by atoms with E-state index in [0.717, 1.165) is 0 Å². The van der Waals surface area contributed by atoms with Crippen LogP contribution in [0.1, 0.15) is 41.5 Å². The normalized spacial score (nSPS) is 13.5. The zero-order chi connectivity index (χ0) is 20.5. The summed E-state index contributed by atoms with van der Waals surface area (Å²) in [7, 11) is 1.56. The van der Waals surface area contributed by atoms with Crippen molar-refractivity contribution in [3.63, 3.8) is 0 Å². The molecule has 0 saturated heterocycles. The number of carbonyl (C=O) groups excluding carboxylic acids is 3. The van der Waals surface area contributed by atoms with Gasteiger partial charge in [-0.3, -0.25) is 19.3 Å². The Morgan fingerprint density at radius 3 is 2.14 bits per heavy atom. The van der Waals surface area contributed by atoms with Gasteiger partial charge in [-0.15, -0.1) is 0 Å². The number of anilines is 1. The van der Waals surface area contributed by atoms with Gasteiger partial charge in [0.25, 0.3) is 11.8 Å². The molecule has 146 valence electrons. The second-order valence-electron chi connectivity index (χ2n) is 7.72. The Labute approximate surface area is 164 Å². The lowest BCUT2D eigenvalue weighted by Crippen LogP contribution is -2.45. The van der Waals surface area contributed by atoms with Crippen LogP contribution in [0.5, 0.6) is 5.75 Å². The van der Waals surface area contributed by atoms with Gasteiger partial charge in [0, 0.05) is 30.3 Å². The molecule has 0 atom stereocenters. The van der Waals surface area contributed by atoms with Crippen molar-refractivity contribution in [3.05, 3.63) is 59.7 Å². The molecule has 0 aromatic heterocycles. The highest BCUT2D eigenvalue weighted by Crippen LogP contribution is 2.27. The van der Waals surface area contributed by atoms with Gasteiger partial charge < -0.3 is 9.64 Å². The molecule has 1 aliphatic heterocycles. The molecular weight excluding hydrogens is 356 g/mol. The molecule has 0 fully saturated rings. The van der Waals surface area contributed by atoms with Crippen molar-refractivity contribution in [2.75, 3.05) is 25.1 Å². The third-order valence-electron chi connectivity index (χ3n) is 4.68. The standard InChI is InChI=1S/C22H24N2O4/c1-22(2,3)21(27)23(15-8-7-9-16(14-15)28-4)12-13-24-19(25)17-10-5-6-11-18(17)20(24)26/h5-11,14H,12-13H2,1-4H3. The van der Waals surface area contributed by atoms with Crippen molar-refractivity contribution in [2.24, 2.45) is 5.41 Å². The van der Waals surface area contributed by atoms with Crippen LogP contribution >= 0.6 is 0 Å². The highest BCUT2D eigenvalue weighted by atomic mass is 16.5. The lowest BCUT2D eigenvalue weighted by molar-refractivity contribution is -0.125. The van der Waals surface area contributed by atoms with Crippen molar-refractivity contribution in [1.29, 1.82) is 0 Å². The highest BCUT2D eigenvalue weighted by Gasteiger charge is 2.36. The number of hydrogen-bond donors (Lipinski definition) is 0. The fraction of sp³-hybridized carbons (Fsp3) is 0.318. The van der Waals surface area contributed by atoms with Gasteiger partial charge in [0.2, 0.25) is 5.91 Å². The van der Waals surface area contributed by atoms with Crippen molar-refractivity contribution < 1.29 is 19.1 Å². The summed E-state index contributed by atoms with van der Waals surface area (Å²) in [6, 6.07) is 14.0. The van der Waals surface area contributed by atoms with E-state index in [0.29, 0.717) is 22.6 Å². The Kier molecular flexibility index (Phi) is 5.23. The molecule has 2 aromatic carbocycles. The minimum Gasteiger partial charge on any atom is -0.497 e. The smallest absolute Gasteiger partial charge is 0.261 e. The van der Waals surface area contributed by atoms with Crippen LogP contribution in [0.25, 0.3) is 0 Å². The van der Waals surface area contributed by atoms with E-state index < -0.39 is 5.41 Å². The van der Waals surface area contributed by atoms with Gasteiger partial charge in [-0.1, -0.05) is 39.0 Å². The minimum absolute atomic E-state index is 0.0997. The van der Waals surface area contributed by atoms with Crippen LogP contribution in [-0.2, 0) is 4.79 Å². The lowest BCUT2D eigenvalue weighted by atomic mass is 9.94. The number of hydrogen-bond acceptors (Lipinski definition) is 4. The molecule has 0 N–H and O–H groups in total. The van der Waals surface area contributed by atoms with E-state index in [-0.39, 0.29) is 30.8 Å². The second kappa shape index (κ2) is 7.46. The fourth-order valence-corrected chi connectivity index (χ4v) is 3.17. The maximum absolute atomic E-state index is 13.0. The second-order valence-corrected chi connectivity index (χ2v) is 7.72. The van der Waals surface area contributed by atoms with Crippen LogP contribution in [0, 0.1) is 5.41 Å². The van der Waals surface area contributed by atoms with E-state index in [1.54, 1.807) is 54.5 Å². The molecule has 0 bridgehead atoms. The molecular formula is C22H24N2O4. The zero-order valence-electron chi connectivity index (χ0n) is 16.6.